The van der Waals surface area contributed by atoms with Gasteiger partial charge < -0.3 is 9.88 Å². The number of carbonyl (C=O) groups is 2. The summed E-state index contributed by atoms with van der Waals surface area (Å²) in [6.45, 7) is 1.97. The lowest BCUT2D eigenvalue weighted by atomic mass is 9.99. The number of rotatable bonds is 9. The molecule has 3 unspecified atom stereocenters. The number of H-pyrrole nitrogens is 1. The van der Waals surface area contributed by atoms with Gasteiger partial charge in [-0.05, 0) is 18.6 Å². The molecule has 2 amide bonds. The van der Waals surface area contributed by atoms with Crippen molar-refractivity contribution >= 4 is 23.4 Å². The number of fused-ring (bicyclic) bond motifs is 1. The Morgan fingerprint density at radius 1 is 1.46 bits per heavy atom. The van der Waals surface area contributed by atoms with Crippen LogP contribution in [0.25, 0.3) is 11.0 Å². The Bertz CT molecular complexity index is 779. The van der Waals surface area contributed by atoms with Crippen molar-refractivity contribution in [2.24, 2.45) is 5.92 Å². The summed E-state index contributed by atoms with van der Waals surface area (Å²) in [5, 5.41) is 10.1. The van der Waals surface area contributed by atoms with Gasteiger partial charge in [0, 0.05) is 6.42 Å². The summed E-state index contributed by atoms with van der Waals surface area (Å²) in [7, 11) is 0. The van der Waals surface area contributed by atoms with Gasteiger partial charge in [-0.15, -0.1) is 0 Å². The first-order valence-corrected chi connectivity index (χ1v) is 9.83. The quantitative estimate of drug-likeness (QED) is 0.298. The lowest BCUT2D eigenvalue weighted by Gasteiger charge is -2.28. The van der Waals surface area contributed by atoms with Crippen LogP contribution in [-0.4, -0.2) is 56.7 Å². The normalized spacial score (nSPS) is 20.5. The van der Waals surface area contributed by atoms with Crippen LogP contribution in [0.5, 0.6) is 0 Å². The summed E-state index contributed by atoms with van der Waals surface area (Å²) in [4.78, 5) is 33.3. The molecule has 3 rings (SSSR count). The molecule has 0 saturated carbocycles. The molecule has 1 aliphatic rings. The first-order chi connectivity index (χ1) is 13.5. The topological polar surface area (TPSA) is 89.5 Å². The van der Waals surface area contributed by atoms with E-state index in [0.29, 0.717) is 23.7 Å². The number of halogens is 1. The van der Waals surface area contributed by atoms with Crippen LogP contribution >= 0.6 is 0 Å². The number of unbranched alkanes of at least 4 members (excludes halogenated alkanes) is 2. The molecule has 3 atom stereocenters. The summed E-state index contributed by atoms with van der Waals surface area (Å²) in [5.41, 5.74) is 1.61. The maximum Gasteiger partial charge on any atom is 0.233 e. The van der Waals surface area contributed by atoms with Crippen LogP contribution in [-0.2, 0) is 9.59 Å². The third-order valence-electron chi connectivity index (χ3n) is 5.29. The van der Waals surface area contributed by atoms with E-state index in [1.807, 2.05) is 24.3 Å². The molecule has 2 N–H and O–H groups in total. The van der Waals surface area contributed by atoms with Gasteiger partial charge in [0.25, 0.3) is 0 Å². The number of nitrogens with zero attached hydrogens (tertiary/aromatic N) is 3. The van der Waals surface area contributed by atoms with E-state index in [2.05, 4.69) is 16.9 Å². The Labute approximate surface area is 163 Å². The molecule has 8 heteroatoms. The molecular formula is C20H27FN4O3. The Morgan fingerprint density at radius 3 is 2.96 bits per heavy atom. The van der Waals surface area contributed by atoms with Crippen molar-refractivity contribution in [3.8, 4) is 0 Å². The van der Waals surface area contributed by atoms with Gasteiger partial charge in [-0.2, -0.15) is 0 Å². The molecule has 28 heavy (non-hydrogen) atoms. The smallest absolute Gasteiger partial charge is 0.233 e. The predicted octanol–water partition coefficient (Wildman–Crippen LogP) is 3.22. The van der Waals surface area contributed by atoms with E-state index in [1.165, 1.54) is 4.90 Å². The Hall–Kier alpha value is -2.48. The maximum absolute atomic E-state index is 14.3. The Kier molecular flexibility index (Phi) is 6.61. The second-order valence-electron chi connectivity index (χ2n) is 7.40. The molecule has 2 heterocycles. The van der Waals surface area contributed by atoms with Crippen molar-refractivity contribution in [2.45, 2.75) is 51.2 Å². The second kappa shape index (κ2) is 9.14. The molecule has 0 radical (unpaired) electrons. The molecule has 0 spiro atoms. The van der Waals surface area contributed by atoms with Crippen LogP contribution in [0.15, 0.2) is 24.3 Å². The highest BCUT2D eigenvalue weighted by Gasteiger charge is 2.40. The number of amides is 2. The third-order valence-corrected chi connectivity index (χ3v) is 5.29. The van der Waals surface area contributed by atoms with E-state index >= 15 is 0 Å². The zero-order valence-corrected chi connectivity index (χ0v) is 16.1. The number of hydrogen-bond acceptors (Lipinski definition) is 4. The number of hydrogen-bond donors (Lipinski definition) is 2. The zero-order valence-electron chi connectivity index (χ0n) is 16.1. The maximum atomic E-state index is 14.3. The number of alkyl halides is 1. The molecule has 152 valence electrons. The summed E-state index contributed by atoms with van der Waals surface area (Å²) in [5.74, 6) is -0.250. The van der Waals surface area contributed by atoms with Crippen molar-refractivity contribution < 1.29 is 19.2 Å². The van der Waals surface area contributed by atoms with Crippen LogP contribution < -0.4 is 0 Å². The highest BCUT2D eigenvalue weighted by Crippen LogP contribution is 2.35. The lowest BCUT2D eigenvalue weighted by molar-refractivity contribution is -0.157. The Balaban J connectivity index is 1.81. The first kappa shape index (κ1) is 20.3. The van der Waals surface area contributed by atoms with Gasteiger partial charge in [0.1, 0.15) is 12.0 Å². The summed E-state index contributed by atoms with van der Waals surface area (Å²) >= 11 is 0. The molecule has 1 aromatic heterocycles. The minimum Gasteiger partial charge on any atom is -0.340 e. The fraction of sp³-hybridized carbons (Fsp3) is 0.550. The molecule has 1 saturated heterocycles. The van der Waals surface area contributed by atoms with Crippen LogP contribution in [0.2, 0.25) is 0 Å². The second-order valence-corrected chi connectivity index (χ2v) is 7.40. The number of likely N-dealkylation sites (tertiary alicyclic amines) is 1. The van der Waals surface area contributed by atoms with Crippen LogP contribution in [0.4, 0.5) is 4.39 Å². The number of carbonyl (C=O) groups excluding carboxylic acids is 2. The minimum absolute atomic E-state index is 0.00264. The number of benzene rings is 1. The van der Waals surface area contributed by atoms with E-state index < -0.39 is 18.1 Å². The summed E-state index contributed by atoms with van der Waals surface area (Å²) < 4.78 is 14.3. The number of hydroxylamine groups is 2. The molecule has 0 aliphatic carbocycles. The number of aromatic nitrogens is 2. The van der Waals surface area contributed by atoms with Crippen LogP contribution in [0, 0.1) is 5.92 Å². The average Bonchev–Trinajstić information content (AvgIpc) is 3.29. The van der Waals surface area contributed by atoms with Gasteiger partial charge in [0.15, 0.2) is 0 Å². The molecule has 1 aromatic carbocycles. The van der Waals surface area contributed by atoms with E-state index in [1.54, 1.807) is 0 Å². The van der Waals surface area contributed by atoms with Crippen LogP contribution in [0.1, 0.15) is 50.9 Å². The van der Waals surface area contributed by atoms with Crippen molar-refractivity contribution in [3.05, 3.63) is 30.1 Å². The van der Waals surface area contributed by atoms with E-state index in [0.717, 1.165) is 30.3 Å². The van der Waals surface area contributed by atoms with E-state index in [4.69, 9.17) is 0 Å². The standard InChI is InChI=1S/C20H27FN4O3/c1-2-3-4-7-14(11-24(28)13-26)20(27)25-12-15(21)10-18(25)19-22-16-8-5-6-9-17(16)23-19/h5-6,8-9,13-15,18,28H,2-4,7,10-12H2,1H3,(H,22,23). The van der Waals surface area contributed by atoms with Gasteiger partial charge in [0.05, 0.1) is 36.1 Å². The average molecular weight is 390 g/mol. The monoisotopic (exact) mass is 390 g/mol. The molecule has 7 nitrogen and oxygen atoms in total. The van der Waals surface area contributed by atoms with Crippen LogP contribution in [0.3, 0.4) is 0 Å². The number of imidazole rings is 1. The number of nitrogens with one attached hydrogen (secondary N) is 1. The van der Waals surface area contributed by atoms with Gasteiger partial charge in [-0.3, -0.25) is 14.8 Å². The summed E-state index contributed by atoms with van der Waals surface area (Å²) in [6, 6.07) is 7.04. The van der Waals surface area contributed by atoms with Crippen molar-refractivity contribution in [1.82, 2.24) is 19.9 Å². The molecular weight excluding hydrogens is 363 g/mol. The van der Waals surface area contributed by atoms with E-state index in [9.17, 15) is 19.2 Å². The fourth-order valence-electron chi connectivity index (χ4n) is 3.85. The van der Waals surface area contributed by atoms with Crippen molar-refractivity contribution in [2.75, 3.05) is 13.1 Å². The van der Waals surface area contributed by atoms with Crippen molar-refractivity contribution in [1.29, 1.82) is 0 Å². The molecule has 2 aromatic rings. The SMILES string of the molecule is CCCCCC(CN(O)C=O)C(=O)N1CC(F)CC1c1nc2ccccc2[nH]1. The van der Waals surface area contributed by atoms with Gasteiger partial charge in [0.2, 0.25) is 12.3 Å². The lowest BCUT2D eigenvalue weighted by Crippen LogP contribution is -2.41. The minimum atomic E-state index is -1.13. The molecule has 1 aliphatic heterocycles. The number of aromatic amines is 1. The highest BCUT2D eigenvalue weighted by molar-refractivity contribution is 5.80. The fourth-order valence-corrected chi connectivity index (χ4v) is 3.85. The third kappa shape index (κ3) is 4.49. The first-order valence-electron chi connectivity index (χ1n) is 9.83. The highest BCUT2D eigenvalue weighted by atomic mass is 19.1. The van der Waals surface area contributed by atoms with Gasteiger partial charge in [-0.1, -0.05) is 38.3 Å². The molecule has 1 fully saturated rings. The Morgan fingerprint density at radius 2 is 2.25 bits per heavy atom. The van der Waals surface area contributed by atoms with Gasteiger partial charge >= 0.3 is 0 Å². The number of para-hydroxylation sites is 2. The van der Waals surface area contributed by atoms with Crippen molar-refractivity contribution in [3.63, 3.8) is 0 Å². The van der Waals surface area contributed by atoms with E-state index in [-0.39, 0.29) is 25.4 Å². The largest absolute Gasteiger partial charge is 0.340 e. The summed E-state index contributed by atoms with van der Waals surface area (Å²) in [6.07, 6.45) is 2.64. The predicted molar refractivity (Wildman–Crippen MR) is 102 cm³/mol. The zero-order chi connectivity index (χ0) is 20.1. The molecule has 0 bridgehead atoms. The van der Waals surface area contributed by atoms with Gasteiger partial charge in [-0.25, -0.2) is 14.4 Å².